The zero-order valence-electron chi connectivity index (χ0n) is 28.1. The molecule has 0 unspecified atom stereocenters. The standard InChI is InChI=1S/C50H30S2/c1-2-14-31(15-3-1)46-34-16-4-8-20-38(34)48(39-21-9-5-17-35(39)46)43-25-12-24-42-33-28-27-32(30-45(33)52-50(42)43)47-36-18-6-10-22-40(36)49(44-26-13-29-51-44)41-23-11-7-19-37(41)47/h1-30H. The van der Waals surface area contributed by atoms with E-state index in [1.54, 1.807) is 0 Å². The van der Waals surface area contributed by atoms with E-state index in [1.807, 2.05) is 22.7 Å². The van der Waals surface area contributed by atoms with Gasteiger partial charge in [0.25, 0.3) is 0 Å². The molecule has 11 aromatic rings. The summed E-state index contributed by atoms with van der Waals surface area (Å²) in [5, 5.41) is 15.1. The van der Waals surface area contributed by atoms with Gasteiger partial charge in [-0.05, 0) is 88.4 Å². The Morgan fingerprint density at radius 1 is 0.308 bits per heavy atom. The normalized spacial score (nSPS) is 11.8. The first-order valence-corrected chi connectivity index (χ1v) is 19.5. The first-order chi connectivity index (χ1) is 25.8. The van der Waals surface area contributed by atoms with Crippen LogP contribution in [0, 0.1) is 0 Å². The Balaban J connectivity index is 1.18. The van der Waals surface area contributed by atoms with Crippen LogP contribution in [-0.2, 0) is 0 Å². The second-order valence-electron chi connectivity index (χ2n) is 13.5. The highest BCUT2D eigenvalue weighted by molar-refractivity contribution is 7.26. The predicted molar refractivity (Wildman–Crippen MR) is 229 cm³/mol. The van der Waals surface area contributed by atoms with Gasteiger partial charge >= 0.3 is 0 Å². The van der Waals surface area contributed by atoms with Gasteiger partial charge < -0.3 is 0 Å². The van der Waals surface area contributed by atoms with E-state index in [9.17, 15) is 0 Å². The zero-order chi connectivity index (χ0) is 34.2. The minimum absolute atomic E-state index is 1.25. The lowest BCUT2D eigenvalue weighted by atomic mass is 9.85. The Hall–Kier alpha value is -6.06. The van der Waals surface area contributed by atoms with Crippen LogP contribution in [0.25, 0.3) is 107 Å². The van der Waals surface area contributed by atoms with E-state index in [2.05, 4.69) is 181 Å². The second kappa shape index (κ2) is 11.7. The predicted octanol–water partition coefficient (Wildman–Crippen LogP) is 15.4. The van der Waals surface area contributed by atoms with Crippen molar-refractivity contribution in [3.63, 3.8) is 0 Å². The van der Waals surface area contributed by atoms with Gasteiger partial charge in [-0.3, -0.25) is 0 Å². The molecule has 52 heavy (non-hydrogen) atoms. The lowest BCUT2D eigenvalue weighted by Crippen LogP contribution is -1.90. The van der Waals surface area contributed by atoms with Crippen molar-refractivity contribution < 1.29 is 0 Å². The topological polar surface area (TPSA) is 0 Å². The SMILES string of the molecule is c1ccc(-c2c3ccccc3c(-c3cccc4c3sc3cc(-c5c6ccccc6c(-c6cccs6)c6ccccc56)ccc34)c3ccccc23)cc1. The summed E-state index contributed by atoms with van der Waals surface area (Å²) in [6, 6.07) is 65.1. The van der Waals surface area contributed by atoms with Gasteiger partial charge in [-0.15, -0.1) is 22.7 Å². The minimum atomic E-state index is 1.25. The number of rotatable bonds is 4. The number of benzene rings is 9. The van der Waals surface area contributed by atoms with Crippen LogP contribution in [0.1, 0.15) is 0 Å². The summed E-state index contributed by atoms with van der Waals surface area (Å²) in [4.78, 5) is 1.31. The Kier molecular flexibility index (Phi) is 6.70. The molecule has 0 amide bonds. The monoisotopic (exact) mass is 694 g/mol. The van der Waals surface area contributed by atoms with Gasteiger partial charge in [-0.25, -0.2) is 0 Å². The second-order valence-corrected chi connectivity index (χ2v) is 15.5. The molecular weight excluding hydrogens is 665 g/mol. The lowest BCUT2D eigenvalue weighted by molar-refractivity contribution is 1.67. The maximum absolute atomic E-state index is 2.44. The molecule has 0 nitrogen and oxygen atoms in total. The van der Waals surface area contributed by atoms with E-state index < -0.39 is 0 Å². The zero-order valence-corrected chi connectivity index (χ0v) is 29.8. The molecule has 0 fully saturated rings. The molecule has 2 aromatic heterocycles. The summed E-state index contributed by atoms with van der Waals surface area (Å²) in [6.45, 7) is 0. The fourth-order valence-electron chi connectivity index (χ4n) is 8.61. The van der Waals surface area contributed by atoms with Crippen molar-refractivity contribution in [1.82, 2.24) is 0 Å². The van der Waals surface area contributed by atoms with Gasteiger partial charge in [-0.1, -0.05) is 164 Å². The average molecular weight is 695 g/mol. The van der Waals surface area contributed by atoms with Gasteiger partial charge in [0.15, 0.2) is 0 Å². The molecule has 0 bridgehead atoms. The molecule has 0 saturated carbocycles. The van der Waals surface area contributed by atoms with Crippen LogP contribution >= 0.6 is 22.7 Å². The molecule has 0 aliphatic carbocycles. The van der Waals surface area contributed by atoms with Gasteiger partial charge in [0.1, 0.15) is 0 Å². The molecule has 242 valence electrons. The minimum Gasteiger partial charge on any atom is -0.144 e. The summed E-state index contributed by atoms with van der Waals surface area (Å²) < 4.78 is 2.64. The number of hydrogen-bond acceptors (Lipinski definition) is 2. The van der Waals surface area contributed by atoms with Crippen molar-refractivity contribution in [2.75, 3.05) is 0 Å². The first-order valence-electron chi connectivity index (χ1n) is 17.8. The van der Waals surface area contributed by atoms with Gasteiger partial charge in [0, 0.05) is 36.2 Å². The van der Waals surface area contributed by atoms with Gasteiger partial charge in [0.05, 0.1) is 0 Å². The Morgan fingerprint density at radius 3 is 1.37 bits per heavy atom. The van der Waals surface area contributed by atoms with E-state index in [4.69, 9.17) is 0 Å². The molecule has 2 heterocycles. The summed E-state index contributed by atoms with van der Waals surface area (Å²) in [5.41, 5.74) is 9.04. The molecule has 0 aliphatic heterocycles. The van der Waals surface area contributed by atoms with Crippen LogP contribution in [-0.4, -0.2) is 0 Å². The molecule has 9 aromatic carbocycles. The van der Waals surface area contributed by atoms with Crippen molar-refractivity contribution in [3.05, 3.63) is 181 Å². The fourth-order valence-corrected chi connectivity index (χ4v) is 10.7. The highest BCUT2D eigenvalue weighted by Gasteiger charge is 2.21. The third-order valence-electron chi connectivity index (χ3n) is 10.7. The van der Waals surface area contributed by atoms with Crippen molar-refractivity contribution in [2.24, 2.45) is 0 Å². The summed E-state index contributed by atoms with van der Waals surface area (Å²) in [6.07, 6.45) is 0. The highest BCUT2D eigenvalue weighted by Crippen LogP contribution is 2.49. The van der Waals surface area contributed by atoms with Crippen molar-refractivity contribution in [1.29, 1.82) is 0 Å². The molecule has 0 spiro atoms. The lowest BCUT2D eigenvalue weighted by Gasteiger charge is -2.18. The molecule has 0 aliphatic rings. The number of thiophene rings is 2. The largest absolute Gasteiger partial charge is 0.144 e. The van der Waals surface area contributed by atoms with Crippen molar-refractivity contribution >= 4 is 85.9 Å². The van der Waals surface area contributed by atoms with Crippen LogP contribution in [0.15, 0.2) is 181 Å². The maximum Gasteiger partial charge on any atom is 0.0434 e. The summed E-state index contributed by atoms with van der Waals surface area (Å²) >= 11 is 3.74. The first kappa shape index (κ1) is 29.6. The Bertz CT molecular complexity index is 3050. The molecular formula is C50H30S2. The van der Waals surface area contributed by atoms with Crippen LogP contribution in [0.4, 0.5) is 0 Å². The van der Waals surface area contributed by atoms with Crippen LogP contribution in [0.5, 0.6) is 0 Å². The molecule has 2 heteroatoms. The Morgan fingerprint density at radius 2 is 0.808 bits per heavy atom. The maximum atomic E-state index is 2.44. The third kappa shape index (κ3) is 4.38. The van der Waals surface area contributed by atoms with Crippen LogP contribution < -0.4 is 0 Å². The summed E-state index contributed by atoms with van der Waals surface area (Å²) in [5.74, 6) is 0. The van der Waals surface area contributed by atoms with E-state index in [1.165, 1.54) is 107 Å². The van der Waals surface area contributed by atoms with E-state index in [0.29, 0.717) is 0 Å². The average Bonchev–Trinajstić information content (AvgIpc) is 3.88. The van der Waals surface area contributed by atoms with Crippen LogP contribution in [0.2, 0.25) is 0 Å². The van der Waals surface area contributed by atoms with Gasteiger partial charge in [0.2, 0.25) is 0 Å². The molecule has 0 atom stereocenters. The van der Waals surface area contributed by atoms with Crippen molar-refractivity contribution in [3.8, 4) is 43.8 Å². The van der Waals surface area contributed by atoms with E-state index in [-0.39, 0.29) is 0 Å². The van der Waals surface area contributed by atoms with E-state index in [0.717, 1.165) is 0 Å². The number of fused-ring (bicyclic) bond motifs is 7. The third-order valence-corrected chi connectivity index (χ3v) is 12.8. The number of hydrogen-bond donors (Lipinski definition) is 0. The van der Waals surface area contributed by atoms with Crippen molar-refractivity contribution in [2.45, 2.75) is 0 Å². The van der Waals surface area contributed by atoms with Gasteiger partial charge in [-0.2, -0.15) is 0 Å². The van der Waals surface area contributed by atoms with E-state index >= 15 is 0 Å². The summed E-state index contributed by atoms with van der Waals surface area (Å²) in [7, 11) is 0. The van der Waals surface area contributed by atoms with Crippen LogP contribution in [0.3, 0.4) is 0 Å². The Labute approximate surface area is 309 Å². The highest BCUT2D eigenvalue weighted by atomic mass is 32.1. The smallest absolute Gasteiger partial charge is 0.0434 e. The fraction of sp³-hybridized carbons (Fsp3) is 0. The molecule has 0 N–H and O–H groups in total. The molecule has 0 radical (unpaired) electrons. The molecule has 11 rings (SSSR count). The quantitative estimate of drug-likeness (QED) is 0.161. The molecule has 0 saturated heterocycles.